The quantitative estimate of drug-likeness (QED) is 0.816. The standard InChI is InChI=1S/C15H29NO/c1-11-4-5-15(10-12(11)2)16-13(3)14-6-8-17-9-7-14/h11-16H,4-10H2,1-3H3. The molecule has 2 fully saturated rings. The van der Waals surface area contributed by atoms with Gasteiger partial charge in [0.25, 0.3) is 0 Å². The van der Waals surface area contributed by atoms with Crippen molar-refractivity contribution in [2.24, 2.45) is 17.8 Å². The zero-order valence-electron chi connectivity index (χ0n) is 11.7. The van der Waals surface area contributed by atoms with Crippen molar-refractivity contribution in [2.75, 3.05) is 13.2 Å². The molecule has 0 aromatic heterocycles. The fourth-order valence-corrected chi connectivity index (χ4v) is 3.42. The van der Waals surface area contributed by atoms with Crippen LogP contribution in [0.5, 0.6) is 0 Å². The smallest absolute Gasteiger partial charge is 0.0469 e. The van der Waals surface area contributed by atoms with Crippen LogP contribution in [0.25, 0.3) is 0 Å². The zero-order chi connectivity index (χ0) is 12.3. The highest BCUT2D eigenvalue weighted by atomic mass is 16.5. The first kappa shape index (κ1) is 13.4. The lowest BCUT2D eigenvalue weighted by molar-refractivity contribution is 0.0523. The highest BCUT2D eigenvalue weighted by molar-refractivity contribution is 4.84. The molecule has 2 aliphatic rings. The largest absolute Gasteiger partial charge is 0.381 e. The van der Waals surface area contributed by atoms with Crippen molar-refractivity contribution in [3.05, 3.63) is 0 Å². The van der Waals surface area contributed by atoms with Crippen molar-refractivity contribution in [3.63, 3.8) is 0 Å². The maximum absolute atomic E-state index is 5.44. The number of hydrogen-bond acceptors (Lipinski definition) is 2. The summed E-state index contributed by atoms with van der Waals surface area (Å²) in [7, 11) is 0. The molecule has 0 bridgehead atoms. The van der Waals surface area contributed by atoms with Crippen molar-refractivity contribution in [3.8, 4) is 0 Å². The van der Waals surface area contributed by atoms with E-state index in [1.165, 1.54) is 32.1 Å². The van der Waals surface area contributed by atoms with Crippen LogP contribution in [-0.2, 0) is 4.74 Å². The van der Waals surface area contributed by atoms with E-state index < -0.39 is 0 Å². The van der Waals surface area contributed by atoms with Gasteiger partial charge in [-0.1, -0.05) is 13.8 Å². The van der Waals surface area contributed by atoms with E-state index in [4.69, 9.17) is 4.74 Å². The molecular weight excluding hydrogens is 210 g/mol. The van der Waals surface area contributed by atoms with Crippen molar-refractivity contribution in [2.45, 2.75) is 65.0 Å². The van der Waals surface area contributed by atoms with Crippen LogP contribution in [0, 0.1) is 17.8 Å². The summed E-state index contributed by atoms with van der Waals surface area (Å²) >= 11 is 0. The summed E-state index contributed by atoms with van der Waals surface area (Å²) in [6.07, 6.45) is 6.63. The average Bonchev–Trinajstić information content (AvgIpc) is 2.35. The van der Waals surface area contributed by atoms with Gasteiger partial charge in [-0.15, -0.1) is 0 Å². The lowest BCUT2D eigenvalue weighted by Crippen LogP contribution is -2.45. The van der Waals surface area contributed by atoms with E-state index in [-0.39, 0.29) is 0 Å². The van der Waals surface area contributed by atoms with Gasteiger partial charge in [-0.2, -0.15) is 0 Å². The molecule has 2 nitrogen and oxygen atoms in total. The predicted molar refractivity (Wildman–Crippen MR) is 72.1 cm³/mol. The van der Waals surface area contributed by atoms with E-state index >= 15 is 0 Å². The van der Waals surface area contributed by atoms with Gasteiger partial charge in [0.05, 0.1) is 0 Å². The third kappa shape index (κ3) is 3.69. The zero-order valence-corrected chi connectivity index (χ0v) is 11.7. The fraction of sp³-hybridized carbons (Fsp3) is 1.00. The molecule has 1 heterocycles. The lowest BCUT2D eigenvalue weighted by Gasteiger charge is -2.37. The van der Waals surface area contributed by atoms with E-state index in [0.29, 0.717) is 6.04 Å². The van der Waals surface area contributed by atoms with Crippen LogP contribution >= 0.6 is 0 Å². The van der Waals surface area contributed by atoms with E-state index in [9.17, 15) is 0 Å². The van der Waals surface area contributed by atoms with Crippen LogP contribution in [0.4, 0.5) is 0 Å². The molecule has 1 saturated heterocycles. The second-order valence-corrected chi connectivity index (χ2v) is 6.37. The Bertz CT molecular complexity index is 225. The van der Waals surface area contributed by atoms with Gasteiger partial charge in [0.1, 0.15) is 0 Å². The van der Waals surface area contributed by atoms with Gasteiger partial charge in [0.15, 0.2) is 0 Å². The first-order valence-corrected chi connectivity index (χ1v) is 7.50. The molecule has 0 aromatic rings. The summed E-state index contributed by atoms with van der Waals surface area (Å²) in [6.45, 7) is 9.13. The summed E-state index contributed by atoms with van der Waals surface area (Å²) in [4.78, 5) is 0. The van der Waals surface area contributed by atoms with Crippen LogP contribution < -0.4 is 5.32 Å². The molecule has 4 atom stereocenters. The normalized spacial score (nSPS) is 37.9. The van der Waals surface area contributed by atoms with Gasteiger partial charge in [-0.05, 0) is 56.8 Å². The van der Waals surface area contributed by atoms with Gasteiger partial charge in [-0.3, -0.25) is 0 Å². The number of hydrogen-bond donors (Lipinski definition) is 1. The molecule has 0 radical (unpaired) electrons. The summed E-state index contributed by atoms with van der Waals surface area (Å²) in [5.41, 5.74) is 0. The molecule has 1 aliphatic carbocycles. The number of ether oxygens (including phenoxy) is 1. The summed E-state index contributed by atoms with van der Waals surface area (Å²) in [6, 6.07) is 1.43. The van der Waals surface area contributed by atoms with Crippen molar-refractivity contribution in [1.29, 1.82) is 0 Å². The predicted octanol–water partition coefficient (Wildman–Crippen LogP) is 3.22. The lowest BCUT2D eigenvalue weighted by atomic mass is 9.78. The van der Waals surface area contributed by atoms with Crippen molar-refractivity contribution in [1.82, 2.24) is 5.32 Å². The van der Waals surface area contributed by atoms with Gasteiger partial charge in [0.2, 0.25) is 0 Å². The second-order valence-electron chi connectivity index (χ2n) is 6.37. The molecular formula is C15H29NO. The van der Waals surface area contributed by atoms with Gasteiger partial charge in [-0.25, -0.2) is 0 Å². The van der Waals surface area contributed by atoms with E-state index in [1.807, 2.05) is 0 Å². The fourth-order valence-electron chi connectivity index (χ4n) is 3.42. The second kappa shape index (κ2) is 6.19. The third-order valence-corrected chi connectivity index (χ3v) is 5.07. The highest BCUT2D eigenvalue weighted by Crippen LogP contribution is 2.30. The molecule has 1 saturated carbocycles. The van der Waals surface area contributed by atoms with Crippen molar-refractivity contribution < 1.29 is 4.74 Å². The molecule has 100 valence electrons. The Morgan fingerprint density at radius 3 is 2.35 bits per heavy atom. The summed E-state index contributed by atoms with van der Waals surface area (Å²) in [5, 5.41) is 3.88. The molecule has 1 N–H and O–H groups in total. The van der Waals surface area contributed by atoms with Gasteiger partial charge in [0, 0.05) is 25.3 Å². The number of nitrogens with one attached hydrogen (secondary N) is 1. The Hall–Kier alpha value is -0.0800. The average molecular weight is 239 g/mol. The number of rotatable bonds is 3. The minimum Gasteiger partial charge on any atom is -0.381 e. The topological polar surface area (TPSA) is 21.3 Å². The molecule has 17 heavy (non-hydrogen) atoms. The summed E-state index contributed by atoms with van der Waals surface area (Å²) < 4.78 is 5.44. The maximum atomic E-state index is 5.44. The monoisotopic (exact) mass is 239 g/mol. The Kier molecular flexibility index (Phi) is 4.87. The highest BCUT2D eigenvalue weighted by Gasteiger charge is 2.27. The Balaban J connectivity index is 1.76. The van der Waals surface area contributed by atoms with Crippen molar-refractivity contribution >= 4 is 0 Å². The van der Waals surface area contributed by atoms with Crippen LogP contribution in [0.2, 0.25) is 0 Å². The minimum absolute atomic E-state index is 0.671. The first-order chi connectivity index (χ1) is 8.16. The van der Waals surface area contributed by atoms with E-state index in [0.717, 1.165) is 37.0 Å². The van der Waals surface area contributed by atoms with Crippen LogP contribution in [-0.4, -0.2) is 25.3 Å². The van der Waals surface area contributed by atoms with Crippen LogP contribution in [0.3, 0.4) is 0 Å². The van der Waals surface area contributed by atoms with Crippen LogP contribution in [0.15, 0.2) is 0 Å². The molecule has 0 spiro atoms. The summed E-state index contributed by atoms with van der Waals surface area (Å²) in [5.74, 6) is 2.65. The Morgan fingerprint density at radius 1 is 1.00 bits per heavy atom. The third-order valence-electron chi connectivity index (χ3n) is 5.07. The molecule has 4 unspecified atom stereocenters. The minimum atomic E-state index is 0.671. The molecule has 0 aromatic carbocycles. The SMILES string of the molecule is CC1CCC(NC(C)C2CCOCC2)CC1C. The van der Waals surface area contributed by atoms with E-state index in [2.05, 4.69) is 26.1 Å². The Morgan fingerprint density at radius 2 is 1.71 bits per heavy atom. The van der Waals surface area contributed by atoms with Crippen LogP contribution in [0.1, 0.15) is 52.9 Å². The van der Waals surface area contributed by atoms with E-state index in [1.54, 1.807) is 0 Å². The van der Waals surface area contributed by atoms with Gasteiger partial charge >= 0.3 is 0 Å². The molecule has 1 aliphatic heterocycles. The maximum Gasteiger partial charge on any atom is 0.0469 e. The molecule has 2 rings (SSSR count). The Labute approximate surface area is 107 Å². The van der Waals surface area contributed by atoms with Gasteiger partial charge < -0.3 is 10.1 Å². The molecule has 2 heteroatoms. The first-order valence-electron chi connectivity index (χ1n) is 7.50. The molecule has 0 amide bonds.